The largest absolute Gasteiger partial charge is 0.467 e. The van der Waals surface area contributed by atoms with Gasteiger partial charge in [0.25, 0.3) is 0 Å². The van der Waals surface area contributed by atoms with Gasteiger partial charge in [-0.2, -0.15) is 0 Å². The van der Waals surface area contributed by atoms with Crippen LogP contribution in [0.1, 0.15) is 53.6 Å². The summed E-state index contributed by atoms with van der Waals surface area (Å²) in [7, 11) is 1.32. The predicted molar refractivity (Wildman–Crippen MR) is 111 cm³/mol. The summed E-state index contributed by atoms with van der Waals surface area (Å²) in [5.41, 5.74) is 2.07. The monoisotopic (exact) mass is 393 g/mol. The molecule has 0 aromatic heterocycles. The Bertz CT molecular complexity index is 839. The molecule has 0 saturated heterocycles. The number of carbonyl (C=O) groups excluding carboxylic acids is 3. The summed E-state index contributed by atoms with van der Waals surface area (Å²) in [6, 6.07) is 15.5. The highest BCUT2D eigenvalue weighted by molar-refractivity contribution is 6.08. The standard InChI is InChI=1S/C24H27NO4/c1-29-24(28)21(25-23(27)20-10-6-3-7-11-20)16-17-12-14-19(15-13-17)22(26)18-8-4-2-5-9-18/h2,4-5,8-9,12-15,20-21H,3,6-7,10-11,16H2,1H3,(H,25,27)/t21-/m1/s1. The summed E-state index contributed by atoms with van der Waals surface area (Å²) < 4.78 is 4.88. The van der Waals surface area contributed by atoms with Crippen LogP contribution < -0.4 is 5.32 Å². The highest BCUT2D eigenvalue weighted by Gasteiger charge is 2.27. The molecule has 0 spiro atoms. The Hall–Kier alpha value is -2.95. The number of carbonyl (C=O) groups is 3. The molecule has 1 aliphatic carbocycles. The third-order valence-electron chi connectivity index (χ3n) is 5.47. The molecule has 5 nitrogen and oxygen atoms in total. The summed E-state index contributed by atoms with van der Waals surface area (Å²) in [5.74, 6) is -0.608. The van der Waals surface area contributed by atoms with E-state index in [0.29, 0.717) is 17.5 Å². The first-order valence-electron chi connectivity index (χ1n) is 10.2. The first-order chi connectivity index (χ1) is 14.1. The average Bonchev–Trinajstić information content (AvgIpc) is 2.79. The number of amides is 1. The maximum Gasteiger partial charge on any atom is 0.328 e. The van der Waals surface area contributed by atoms with Crippen molar-refractivity contribution in [2.45, 2.75) is 44.6 Å². The van der Waals surface area contributed by atoms with Crippen molar-refractivity contribution in [2.24, 2.45) is 5.92 Å². The van der Waals surface area contributed by atoms with Gasteiger partial charge in [0.2, 0.25) is 5.91 Å². The van der Waals surface area contributed by atoms with Gasteiger partial charge in [-0.25, -0.2) is 4.79 Å². The minimum absolute atomic E-state index is 0.0261. The van der Waals surface area contributed by atoms with E-state index >= 15 is 0 Å². The minimum Gasteiger partial charge on any atom is -0.467 e. The van der Waals surface area contributed by atoms with E-state index < -0.39 is 12.0 Å². The maximum atomic E-state index is 12.6. The third kappa shape index (κ3) is 5.53. The van der Waals surface area contributed by atoms with Crippen LogP contribution in [0.2, 0.25) is 0 Å². The second-order valence-electron chi connectivity index (χ2n) is 7.52. The van der Waals surface area contributed by atoms with Crippen molar-refractivity contribution in [1.29, 1.82) is 0 Å². The Morgan fingerprint density at radius 2 is 1.55 bits per heavy atom. The molecule has 3 rings (SSSR count). The van der Waals surface area contributed by atoms with Crippen LogP contribution in [0.3, 0.4) is 0 Å². The fraction of sp³-hybridized carbons (Fsp3) is 0.375. The molecule has 1 amide bonds. The van der Waals surface area contributed by atoms with E-state index in [1.807, 2.05) is 30.3 Å². The highest BCUT2D eigenvalue weighted by Crippen LogP contribution is 2.24. The Labute approximate surface area is 171 Å². The fourth-order valence-corrected chi connectivity index (χ4v) is 3.77. The normalized spacial score (nSPS) is 15.3. The molecule has 1 N–H and O–H groups in total. The fourth-order valence-electron chi connectivity index (χ4n) is 3.77. The number of ketones is 1. The Morgan fingerprint density at radius 1 is 0.931 bits per heavy atom. The van der Waals surface area contributed by atoms with Crippen LogP contribution in [-0.2, 0) is 20.7 Å². The molecule has 5 heteroatoms. The molecule has 0 bridgehead atoms. The van der Waals surface area contributed by atoms with Crippen molar-refractivity contribution in [3.05, 3.63) is 71.3 Å². The van der Waals surface area contributed by atoms with Gasteiger partial charge in [0, 0.05) is 23.5 Å². The van der Waals surface area contributed by atoms with Gasteiger partial charge >= 0.3 is 5.97 Å². The van der Waals surface area contributed by atoms with Crippen LogP contribution in [0, 0.1) is 5.92 Å². The number of esters is 1. The molecule has 1 atom stereocenters. The van der Waals surface area contributed by atoms with Crippen molar-refractivity contribution in [3.8, 4) is 0 Å². The Balaban J connectivity index is 1.66. The summed E-state index contributed by atoms with van der Waals surface area (Å²) in [6.07, 6.45) is 5.34. The van der Waals surface area contributed by atoms with Crippen molar-refractivity contribution in [1.82, 2.24) is 5.32 Å². The van der Waals surface area contributed by atoms with Crippen LogP contribution in [0.15, 0.2) is 54.6 Å². The van der Waals surface area contributed by atoms with E-state index in [4.69, 9.17) is 4.74 Å². The highest BCUT2D eigenvalue weighted by atomic mass is 16.5. The molecule has 1 fully saturated rings. The van der Waals surface area contributed by atoms with Gasteiger partial charge in [-0.1, -0.05) is 73.9 Å². The minimum atomic E-state index is -0.731. The zero-order valence-corrected chi connectivity index (χ0v) is 16.7. The number of ether oxygens (including phenoxy) is 1. The SMILES string of the molecule is COC(=O)[C@@H](Cc1ccc(C(=O)c2ccccc2)cc1)NC(=O)C1CCCCC1. The quantitative estimate of drug-likeness (QED) is 0.575. The summed E-state index contributed by atoms with van der Waals surface area (Å²) >= 11 is 0. The molecule has 0 unspecified atom stereocenters. The first kappa shape index (κ1) is 20.8. The first-order valence-corrected chi connectivity index (χ1v) is 10.2. The van der Waals surface area contributed by atoms with Gasteiger partial charge < -0.3 is 10.1 Å². The molecule has 0 aliphatic heterocycles. The number of hydrogen-bond donors (Lipinski definition) is 1. The summed E-state index contributed by atoms with van der Waals surface area (Å²) in [4.78, 5) is 37.3. The van der Waals surface area contributed by atoms with Crippen molar-refractivity contribution >= 4 is 17.7 Å². The van der Waals surface area contributed by atoms with Crippen LogP contribution in [0.25, 0.3) is 0 Å². The van der Waals surface area contributed by atoms with Crippen LogP contribution in [0.5, 0.6) is 0 Å². The number of rotatable bonds is 7. The smallest absolute Gasteiger partial charge is 0.328 e. The summed E-state index contributed by atoms with van der Waals surface area (Å²) in [6.45, 7) is 0. The van der Waals surface area contributed by atoms with E-state index in [1.54, 1.807) is 24.3 Å². The van der Waals surface area contributed by atoms with Gasteiger partial charge in [-0.3, -0.25) is 9.59 Å². The van der Waals surface area contributed by atoms with Crippen molar-refractivity contribution in [2.75, 3.05) is 7.11 Å². The van der Waals surface area contributed by atoms with Crippen LogP contribution >= 0.6 is 0 Å². The van der Waals surface area contributed by atoms with Crippen molar-refractivity contribution in [3.63, 3.8) is 0 Å². The molecule has 29 heavy (non-hydrogen) atoms. The van der Waals surface area contributed by atoms with Crippen LogP contribution in [-0.4, -0.2) is 30.8 Å². The van der Waals surface area contributed by atoms with Crippen molar-refractivity contribution < 1.29 is 19.1 Å². The number of methoxy groups -OCH3 is 1. The number of benzene rings is 2. The van der Waals surface area contributed by atoms with E-state index in [0.717, 1.165) is 37.7 Å². The molecule has 1 saturated carbocycles. The molecule has 1 aliphatic rings. The predicted octanol–water partition coefficient (Wildman–Crippen LogP) is 3.70. The van der Waals surface area contributed by atoms with E-state index in [-0.39, 0.29) is 17.6 Å². The molecular formula is C24H27NO4. The third-order valence-corrected chi connectivity index (χ3v) is 5.47. The van der Waals surface area contributed by atoms with Gasteiger partial charge in [0.15, 0.2) is 5.78 Å². The zero-order chi connectivity index (χ0) is 20.6. The number of nitrogens with one attached hydrogen (secondary N) is 1. The lowest BCUT2D eigenvalue weighted by Crippen LogP contribution is -2.45. The Kier molecular flexibility index (Phi) is 7.17. The molecular weight excluding hydrogens is 366 g/mol. The lowest BCUT2D eigenvalue weighted by Gasteiger charge is -2.24. The maximum absolute atomic E-state index is 12.6. The van der Waals surface area contributed by atoms with Gasteiger partial charge in [0.05, 0.1) is 7.11 Å². The van der Waals surface area contributed by atoms with Gasteiger partial charge in [0.1, 0.15) is 6.04 Å². The summed E-state index contributed by atoms with van der Waals surface area (Å²) in [5, 5.41) is 2.87. The molecule has 2 aromatic carbocycles. The zero-order valence-electron chi connectivity index (χ0n) is 16.7. The molecule has 0 heterocycles. The lowest BCUT2D eigenvalue weighted by molar-refractivity contribution is -0.145. The van der Waals surface area contributed by atoms with E-state index in [9.17, 15) is 14.4 Å². The van der Waals surface area contributed by atoms with E-state index in [2.05, 4.69) is 5.32 Å². The average molecular weight is 393 g/mol. The van der Waals surface area contributed by atoms with Crippen LogP contribution in [0.4, 0.5) is 0 Å². The van der Waals surface area contributed by atoms with Gasteiger partial charge in [-0.05, 0) is 18.4 Å². The molecule has 2 aromatic rings. The number of hydrogen-bond acceptors (Lipinski definition) is 4. The topological polar surface area (TPSA) is 72.5 Å². The van der Waals surface area contributed by atoms with Gasteiger partial charge in [-0.15, -0.1) is 0 Å². The van der Waals surface area contributed by atoms with E-state index in [1.165, 1.54) is 7.11 Å². The molecule has 152 valence electrons. The second kappa shape index (κ2) is 10.0. The molecule has 0 radical (unpaired) electrons. The lowest BCUT2D eigenvalue weighted by atomic mass is 9.88. The Morgan fingerprint density at radius 3 is 2.17 bits per heavy atom. The second-order valence-corrected chi connectivity index (χ2v) is 7.52.